The van der Waals surface area contributed by atoms with E-state index in [0.29, 0.717) is 19.4 Å². The molecule has 0 aromatic heterocycles. The van der Waals surface area contributed by atoms with Crippen molar-refractivity contribution in [1.29, 1.82) is 0 Å². The number of carboxylic acids is 1. The molecule has 0 fully saturated rings. The van der Waals surface area contributed by atoms with Gasteiger partial charge in [-0.15, -0.1) is 0 Å². The van der Waals surface area contributed by atoms with Gasteiger partial charge < -0.3 is 15.2 Å². The van der Waals surface area contributed by atoms with Crippen molar-refractivity contribution >= 4 is 17.6 Å². The van der Waals surface area contributed by atoms with Gasteiger partial charge in [-0.1, -0.05) is 6.07 Å². The normalized spacial score (nSPS) is 9.90. The number of carboxylic acid groups (broad SMARTS) is 1. The van der Waals surface area contributed by atoms with Crippen LogP contribution in [-0.2, 0) is 9.59 Å². The second kappa shape index (κ2) is 8.51. The number of non-ortho nitro benzene ring substituents is 1. The molecule has 1 aromatic rings. The number of hydrogen-bond donors (Lipinski definition) is 2. The molecule has 0 heterocycles. The largest absolute Gasteiger partial charge is 0.484 e. The van der Waals surface area contributed by atoms with E-state index in [0.717, 1.165) is 0 Å². The topological polar surface area (TPSA) is 119 Å². The first-order valence-electron chi connectivity index (χ1n) is 6.35. The van der Waals surface area contributed by atoms with Crippen LogP contribution in [0.15, 0.2) is 24.3 Å². The Bertz CT molecular complexity index is 517. The third-order valence-electron chi connectivity index (χ3n) is 2.54. The predicted octanol–water partition coefficient (Wildman–Crippen LogP) is 1.34. The summed E-state index contributed by atoms with van der Waals surface area (Å²) in [5.41, 5.74) is -0.110. The summed E-state index contributed by atoms with van der Waals surface area (Å²) in [4.78, 5) is 31.7. The first-order chi connectivity index (χ1) is 9.99. The van der Waals surface area contributed by atoms with Crippen LogP contribution in [0.4, 0.5) is 5.69 Å². The molecule has 1 amide bonds. The highest BCUT2D eigenvalue weighted by Gasteiger charge is 2.08. The fourth-order valence-electron chi connectivity index (χ4n) is 1.52. The zero-order valence-electron chi connectivity index (χ0n) is 11.3. The van der Waals surface area contributed by atoms with E-state index < -0.39 is 10.9 Å². The highest BCUT2D eigenvalue weighted by atomic mass is 16.6. The van der Waals surface area contributed by atoms with Crippen molar-refractivity contribution in [3.8, 4) is 5.75 Å². The van der Waals surface area contributed by atoms with Crippen molar-refractivity contribution in [3.05, 3.63) is 34.4 Å². The molecule has 0 saturated carbocycles. The molecule has 0 unspecified atom stereocenters. The maximum absolute atomic E-state index is 11.4. The van der Waals surface area contributed by atoms with Crippen molar-refractivity contribution < 1.29 is 24.4 Å². The van der Waals surface area contributed by atoms with Gasteiger partial charge in [0.2, 0.25) is 0 Å². The van der Waals surface area contributed by atoms with E-state index in [1.807, 2.05) is 0 Å². The molecule has 1 rings (SSSR count). The van der Waals surface area contributed by atoms with Crippen LogP contribution in [0.25, 0.3) is 0 Å². The third kappa shape index (κ3) is 6.90. The molecule has 0 aliphatic rings. The maximum Gasteiger partial charge on any atom is 0.303 e. The van der Waals surface area contributed by atoms with Crippen LogP contribution in [0.1, 0.15) is 19.3 Å². The summed E-state index contributed by atoms with van der Waals surface area (Å²) in [6.07, 6.45) is 1.12. The fraction of sp³-hybridized carbons (Fsp3) is 0.385. The second-order valence-corrected chi connectivity index (χ2v) is 4.24. The molecular weight excluding hydrogens is 280 g/mol. The summed E-state index contributed by atoms with van der Waals surface area (Å²) < 4.78 is 5.14. The predicted molar refractivity (Wildman–Crippen MR) is 73.1 cm³/mol. The summed E-state index contributed by atoms with van der Waals surface area (Å²) in [5, 5.41) is 21.6. The molecule has 0 spiro atoms. The van der Waals surface area contributed by atoms with Gasteiger partial charge in [0.25, 0.3) is 11.6 Å². The zero-order chi connectivity index (χ0) is 15.7. The van der Waals surface area contributed by atoms with Gasteiger partial charge in [-0.05, 0) is 18.9 Å². The average Bonchev–Trinajstić information content (AvgIpc) is 2.44. The fourth-order valence-corrected chi connectivity index (χ4v) is 1.52. The molecule has 0 atom stereocenters. The van der Waals surface area contributed by atoms with Crippen molar-refractivity contribution in [3.63, 3.8) is 0 Å². The number of nitro groups is 1. The lowest BCUT2D eigenvalue weighted by molar-refractivity contribution is -0.384. The van der Waals surface area contributed by atoms with E-state index in [-0.39, 0.29) is 30.4 Å². The minimum atomic E-state index is -0.865. The van der Waals surface area contributed by atoms with Crippen LogP contribution in [0.5, 0.6) is 5.75 Å². The van der Waals surface area contributed by atoms with Crippen LogP contribution < -0.4 is 10.1 Å². The lowest BCUT2D eigenvalue weighted by Crippen LogP contribution is -2.29. The standard InChI is InChI=1S/C13H16N2O6/c16-12(14-7-2-1-6-13(17)18)9-21-11-5-3-4-10(8-11)15(19)20/h3-5,8H,1-2,6-7,9H2,(H,14,16)(H,17,18). The number of amides is 1. The van der Waals surface area contributed by atoms with E-state index in [2.05, 4.69) is 5.32 Å². The number of hydrogen-bond acceptors (Lipinski definition) is 5. The minimum absolute atomic E-state index is 0.0695. The Balaban J connectivity index is 2.25. The molecular formula is C13H16N2O6. The Morgan fingerprint density at radius 1 is 1.33 bits per heavy atom. The number of carbonyl (C=O) groups is 2. The number of rotatable bonds is 9. The van der Waals surface area contributed by atoms with Crippen LogP contribution in [-0.4, -0.2) is 35.1 Å². The van der Waals surface area contributed by atoms with Gasteiger partial charge in [-0.2, -0.15) is 0 Å². The number of nitrogens with one attached hydrogen (secondary N) is 1. The van der Waals surface area contributed by atoms with Crippen LogP contribution in [0, 0.1) is 10.1 Å². The van der Waals surface area contributed by atoms with Gasteiger partial charge in [-0.25, -0.2) is 0 Å². The molecule has 1 aromatic carbocycles. The Kier molecular flexibility index (Phi) is 6.66. The monoisotopic (exact) mass is 296 g/mol. The highest BCUT2D eigenvalue weighted by Crippen LogP contribution is 2.18. The molecule has 0 saturated heterocycles. The molecule has 21 heavy (non-hydrogen) atoms. The number of aliphatic carboxylic acids is 1. The van der Waals surface area contributed by atoms with Crippen LogP contribution >= 0.6 is 0 Å². The molecule has 8 heteroatoms. The molecule has 0 radical (unpaired) electrons. The van der Waals surface area contributed by atoms with Gasteiger partial charge in [-0.3, -0.25) is 19.7 Å². The molecule has 114 valence electrons. The maximum atomic E-state index is 11.4. The van der Waals surface area contributed by atoms with E-state index in [4.69, 9.17) is 9.84 Å². The first-order valence-corrected chi connectivity index (χ1v) is 6.35. The zero-order valence-corrected chi connectivity index (χ0v) is 11.3. The number of benzene rings is 1. The van der Waals surface area contributed by atoms with Crippen molar-refractivity contribution in [2.24, 2.45) is 0 Å². The van der Waals surface area contributed by atoms with E-state index in [1.165, 1.54) is 24.3 Å². The van der Waals surface area contributed by atoms with Gasteiger partial charge >= 0.3 is 5.97 Å². The number of unbranched alkanes of at least 4 members (excludes halogenated alkanes) is 1. The van der Waals surface area contributed by atoms with Crippen molar-refractivity contribution in [2.75, 3.05) is 13.2 Å². The van der Waals surface area contributed by atoms with Gasteiger partial charge in [0.05, 0.1) is 11.0 Å². The van der Waals surface area contributed by atoms with E-state index in [9.17, 15) is 19.7 Å². The Morgan fingerprint density at radius 3 is 2.76 bits per heavy atom. The molecule has 2 N–H and O–H groups in total. The summed E-state index contributed by atoms with van der Waals surface area (Å²) in [7, 11) is 0. The highest BCUT2D eigenvalue weighted by molar-refractivity contribution is 5.77. The van der Waals surface area contributed by atoms with Crippen LogP contribution in [0.2, 0.25) is 0 Å². The van der Waals surface area contributed by atoms with Gasteiger partial charge in [0.15, 0.2) is 6.61 Å². The molecule has 0 bridgehead atoms. The Hall–Kier alpha value is -2.64. The van der Waals surface area contributed by atoms with Gasteiger partial charge in [0.1, 0.15) is 5.75 Å². The SMILES string of the molecule is O=C(O)CCCCNC(=O)COc1cccc([N+](=O)[O-])c1. The Labute approximate surface area is 120 Å². The molecule has 0 aliphatic heterocycles. The molecule has 0 aliphatic carbocycles. The Morgan fingerprint density at radius 2 is 2.10 bits per heavy atom. The summed E-state index contributed by atoms with van der Waals surface area (Å²) in [6.45, 7) is 0.116. The van der Waals surface area contributed by atoms with E-state index >= 15 is 0 Å². The van der Waals surface area contributed by atoms with E-state index in [1.54, 1.807) is 0 Å². The quantitative estimate of drug-likeness (QED) is 0.403. The van der Waals surface area contributed by atoms with Crippen LogP contribution in [0.3, 0.4) is 0 Å². The third-order valence-corrected chi connectivity index (χ3v) is 2.54. The van der Waals surface area contributed by atoms with Gasteiger partial charge in [0, 0.05) is 19.0 Å². The summed E-state index contributed by atoms with van der Waals surface area (Å²) >= 11 is 0. The number of ether oxygens (including phenoxy) is 1. The smallest absolute Gasteiger partial charge is 0.303 e. The lowest BCUT2D eigenvalue weighted by atomic mass is 10.2. The summed E-state index contributed by atoms with van der Waals surface area (Å²) in [5.74, 6) is -0.989. The first kappa shape index (κ1) is 16.4. The number of carbonyl (C=O) groups excluding carboxylic acids is 1. The molecule has 8 nitrogen and oxygen atoms in total. The second-order valence-electron chi connectivity index (χ2n) is 4.24. The minimum Gasteiger partial charge on any atom is -0.484 e. The lowest BCUT2D eigenvalue weighted by Gasteiger charge is -2.07. The van der Waals surface area contributed by atoms with Crippen molar-refractivity contribution in [1.82, 2.24) is 5.32 Å². The summed E-state index contributed by atoms with van der Waals surface area (Å²) in [6, 6.07) is 5.56. The number of nitro benzene ring substituents is 1. The van der Waals surface area contributed by atoms with Crippen molar-refractivity contribution in [2.45, 2.75) is 19.3 Å². The number of nitrogens with zero attached hydrogens (tertiary/aromatic N) is 1. The average molecular weight is 296 g/mol.